The van der Waals surface area contributed by atoms with Crippen molar-refractivity contribution >= 4 is 50.2 Å². The van der Waals surface area contributed by atoms with E-state index < -0.39 is 11.9 Å². The molecule has 0 bridgehead atoms. The van der Waals surface area contributed by atoms with Gasteiger partial charge in [-0.05, 0) is 37.3 Å². The second kappa shape index (κ2) is 8.73. The molecule has 0 radical (unpaired) electrons. The minimum absolute atomic E-state index is 0.0563. The van der Waals surface area contributed by atoms with Crippen LogP contribution in [0.25, 0.3) is 10.2 Å². The Labute approximate surface area is 182 Å². The van der Waals surface area contributed by atoms with Crippen LogP contribution in [-0.4, -0.2) is 43.0 Å². The Balaban J connectivity index is 1.49. The lowest BCUT2D eigenvalue weighted by atomic mass is 10.1. The number of methoxy groups -OCH3 is 1. The molecule has 1 saturated heterocycles. The number of thiazole rings is 1. The largest absolute Gasteiger partial charge is 0.494 e. The average Bonchev–Trinajstić information content (AvgIpc) is 3.35. The quantitative estimate of drug-likeness (QED) is 0.591. The van der Waals surface area contributed by atoms with Gasteiger partial charge in [-0.2, -0.15) is 0 Å². The van der Waals surface area contributed by atoms with Gasteiger partial charge in [0.05, 0.1) is 41.1 Å². The molecule has 160 valence electrons. The van der Waals surface area contributed by atoms with E-state index in [4.69, 9.17) is 9.47 Å². The van der Waals surface area contributed by atoms with Crippen LogP contribution in [0, 0.1) is 5.92 Å². The number of fused-ring (bicyclic) bond motifs is 1. The molecule has 1 aliphatic heterocycles. The Bertz CT molecular complexity index is 1160. The van der Waals surface area contributed by atoms with Gasteiger partial charge in [0.2, 0.25) is 11.8 Å². The highest BCUT2D eigenvalue weighted by atomic mass is 32.1. The Morgan fingerprint density at radius 3 is 2.84 bits per heavy atom. The summed E-state index contributed by atoms with van der Waals surface area (Å²) in [7, 11) is 1.29. The number of hydrogen-bond donors (Lipinski definition) is 1. The van der Waals surface area contributed by atoms with Crippen LogP contribution >= 0.6 is 11.3 Å². The summed E-state index contributed by atoms with van der Waals surface area (Å²) in [5, 5.41) is 3.29. The molecule has 2 aromatic carbocycles. The summed E-state index contributed by atoms with van der Waals surface area (Å²) in [5.74, 6) is -0.836. The fourth-order valence-electron chi connectivity index (χ4n) is 3.53. The molecule has 1 N–H and O–H groups in total. The fourth-order valence-corrected chi connectivity index (χ4v) is 4.43. The maximum Gasteiger partial charge on any atom is 0.339 e. The monoisotopic (exact) mass is 439 g/mol. The zero-order chi connectivity index (χ0) is 22.0. The number of esters is 1. The number of benzene rings is 2. The smallest absolute Gasteiger partial charge is 0.339 e. The topological polar surface area (TPSA) is 97.8 Å². The van der Waals surface area contributed by atoms with Crippen molar-refractivity contribution in [3.8, 4) is 5.75 Å². The van der Waals surface area contributed by atoms with Crippen molar-refractivity contribution in [2.24, 2.45) is 5.92 Å². The standard InChI is InChI=1S/C22H21N3O5S/c1-3-30-14-8-9-16-18(11-14)31-22(23-16)24-20(27)13-10-19(26)25(12-13)17-7-5-4-6-15(17)21(28)29-2/h4-9,11,13H,3,10,12H2,1-2H3,(H,23,24,27). The highest BCUT2D eigenvalue weighted by Crippen LogP contribution is 2.32. The molecule has 1 atom stereocenters. The Morgan fingerprint density at radius 2 is 2.06 bits per heavy atom. The zero-order valence-electron chi connectivity index (χ0n) is 17.1. The predicted octanol–water partition coefficient (Wildman–Crippen LogP) is 3.47. The molecule has 2 heterocycles. The van der Waals surface area contributed by atoms with Crippen LogP contribution in [0.2, 0.25) is 0 Å². The van der Waals surface area contributed by atoms with Crippen LogP contribution in [0.3, 0.4) is 0 Å². The van der Waals surface area contributed by atoms with E-state index in [0.717, 1.165) is 16.0 Å². The van der Waals surface area contributed by atoms with E-state index in [1.807, 2.05) is 25.1 Å². The first-order valence-corrected chi connectivity index (χ1v) is 10.6. The van der Waals surface area contributed by atoms with E-state index in [1.54, 1.807) is 24.3 Å². The van der Waals surface area contributed by atoms with Crippen molar-refractivity contribution in [1.29, 1.82) is 0 Å². The summed E-state index contributed by atoms with van der Waals surface area (Å²) in [5.41, 5.74) is 1.49. The normalized spacial score (nSPS) is 15.9. The van der Waals surface area contributed by atoms with E-state index in [1.165, 1.54) is 23.3 Å². The molecule has 9 heteroatoms. The number of ether oxygens (including phenoxy) is 2. The summed E-state index contributed by atoms with van der Waals surface area (Å²) in [6, 6.07) is 12.3. The van der Waals surface area contributed by atoms with Crippen LogP contribution in [0.4, 0.5) is 10.8 Å². The molecular formula is C22H21N3O5S. The molecule has 0 spiro atoms. The van der Waals surface area contributed by atoms with Gasteiger partial charge in [0.25, 0.3) is 0 Å². The maximum absolute atomic E-state index is 12.8. The van der Waals surface area contributed by atoms with E-state index in [-0.39, 0.29) is 30.3 Å². The van der Waals surface area contributed by atoms with Gasteiger partial charge in [0.15, 0.2) is 5.13 Å². The highest BCUT2D eigenvalue weighted by Gasteiger charge is 2.37. The highest BCUT2D eigenvalue weighted by molar-refractivity contribution is 7.22. The molecule has 2 amide bonds. The maximum atomic E-state index is 12.8. The molecule has 0 aliphatic carbocycles. The third-order valence-corrected chi connectivity index (χ3v) is 5.93. The molecular weight excluding hydrogens is 418 g/mol. The summed E-state index contributed by atoms with van der Waals surface area (Å²) in [6.07, 6.45) is 0.0563. The van der Waals surface area contributed by atoms with Crippen molar-refractivity contribution in [3.05, 3.63) is 48.0 Å². The first-order valence-electron chi connectivity index (χ1n) is 9.82. The lowest BCUT2D eigenvalue weighted by Gasteiger charge is -2.19. The van der Waals surface area contributed by atoms with E-state index in [2.05, 4.69) is 10.3 Å². The number of hydrogen-bond acceptors (Lipinski definition) is 7. The van der Waals surface area contributed by atoms with Crippen LogP contribution < -0.4 is 15.0 Å². The van der Waals surface area contributed by atoms with Crippen LogP contribution in [0.5, 0.6) is 5.75 Å². The lowest BCUT2D eigenvalue weighted by Crippen LogP contribution is -2.29. The van der Waals surface area contributed by atoms with Gasteiger partial charge in [0.1, 0.15) is 5.75 Å². The van der Waals surface area contributed by atoms with Crippen LogP contribution in [0.15, 0.2) is 42.5 Å². The molecule has 4 rings (SSSR count). The molecule has 1 unspecified atom stereocenters. The molecule has 0 saturated carbocycles. The zero-order valence-corrected chi connectivity index (χ0v) is 17.9. The fraction of sp³-hybridized carbons (Fsp3) is 0.273. The van der Waals surface area contributed by atoms with Crippen molar-refractivity contribution in [2.45, 2.75) is 13.3 Å². The Hall–Kier alpha value is -3.46. The number of nitrogens with one attached hydrogen (secondary N) is 1. The Morgan fingerprint density at radius 1 is 1.26 bits per heavy atom. The summed E-state index contributed by atoms with van der Waals surface area (Å²) in [6.45, 7) is 2.66. The molecule has 1 aromatic heterocycles. The second-order valence-electron chi connectivity index (χ2n) is 6.98. The third-order valence-electron chi connectivity index (χ3n) is 5.00. The number of carbonyl (C=O) groups is 3. The molecule has 1 aliphatic rings. The minimum atomic E-state index is -0.552. The van der Waals surface area contributed by atoms with E-state index >= 15 is 0 Å². The van der Waals surface area contributed by atoms with Gasteiger partial charge in [-0.25, -0.2) is 9.78 Å². The first kappa shape index (κ1) is 20.8. The van der Waals surface area contributed by atoms with Crippen LogP contribution in [0.1, 0.15) is 23.7 Å². The van der Waals surface area contributed by atoms with Crippen molar-refractivity contribution in [3.63, 3.8) is 0 Å². The van der Waals surface area contributed by atoms with Crippen LogP contribution in [-0.2, 0) is 14.3 Å². The number of amides is 2. The lowest BCUT2D eigenvalue weighted by molar-refractivity contribution is -0.122. The first-order chi connectivity index (χ1) is 15.0. The number of aromatic nitrogens is 1. The average molecular weight is 439 g/mol. The number of anilines is 2. The molecule has 8 nitrogen and oxygen atoms in total. The second-order valence-corrected chi connectivity index (χ2v) is 8.02. The van der Waals surface area contributed by atoms with Gasteiger partial charge in [-0.3, -0.25) is 9.59 Å². The number of para-hydroxylation sites is 1. The van der Waals surface area contributed by atoms with Gasteiger partial charge in [-0.1, -0.05) is 23.5 Å². The number of carbonyl (C=O) groups excluding carboxylic acids is 3. The molecule has 3 aromatic rings. The van der Waals surface area contributed by atoms with Gasteiger partial charge in [-0.15, -0.1) is 0 Å². The predicted molar refractivity (Wildman–Crippen MR) is 118 cm³/mol. The number of rotatable bonds is 6. The third kappa shape index (κ3) is 4.22. The Kier molecular flexibility index (Phi) is 5.85. The summed E-state index contributed by atoms with van der Waals surface area (Å²) < 4.78 is 11.2. The molecule has 31 heavy (non-hydrogen) atoms. The van der Waals surface area contributed by atoms with Gasteiger partial charge < -0.3 is 19.7 Å². The summed E-state index contributed by atoms with van der Waals surface area (Å²) >= 11 is 1.35. The minimum Gasteiger partial charge on any atom is -0.494 e. The number of nitrogens with zero attached hydrogens (tertiary/aromatic N) is 2. The van der Waals surface area contributed by atoms with Crippen molar-refractivity contribution in [2.75, 3.05) is 30.5 Å². The molecule has 1 fully saturated rings. The SMILES string of the molecule is CCOc1ccc2nc(NC(=O)C3CC(=O)N(c4ccccc4C(=O)OC)C3)sc2c1. The summed E-state index contributed by atoms with van der Waals surface area (Å²) in [4.78, 5) is 43.4. The van der Waals surface area contributed by atoms with E-state index in [9.17, 15) is 14.4 Å². The van der Waals surface area contributed by atoms with Crippen molar-refractivity contribution < 1.29 is 23.9 Å². The van der Waals surface area contributed by atoms with Crippen molar-refractivity contribution in [1.82, 2.24) is 4.98 Å². The van der Waals surface area contributed by atoms with Gasteiger partial charge >= 0.3 is 5.97 Å². The van der Waals surface area contributed by atoms with Gasteiger partial charge in [0, 0.05) is 13.0 Å². The van der Waals surface area contributed by atoms with E-state index in [0.29, 0.717) is 17.4 Å².